The van der Waals surface area contributed by atoms with Crippen molar-refractivity contribution in [1.82, 2.24) is 30.9 Å². The molecule has 16 heterocycles. The molecular weight excluding hydrogens is 1750 g/mol. The highest BCUT2D eigenvalue weighted by atomic mass is 32.3. The van der Waals surface area contributed by atoms with Crippen LogP contribution in [0.15, 0.2) is 9.98 Å². The zero-order valence-corrected chi connectivity index (χ0v) is 81.2. The van der Waals surface area contributed by atoms with Crippen LogP contribution in [0.4, 0.5) is 0 Å². The van der Waals surface area contributed by atoms with Gasteiger partial charge in [0.25, 0.3) is 30.4 Å². The van der Waals surface area contributed by atoms with Gasteiger partial charge in [0.05, 0.1) is 35.1 Å². The molecule has 4 aliphatic carbocycles. The highest BCUT2D eigenvalue weighted by Crippen LogP contribution is 2.73. The lowest BCUT2D eigenvalue weighted by molar-refractivity contribution is 0.222. The van der Waals surface area contributed by atoms with Gasteiger partial charge >= 0.3 is 0 Å². The Labute approximate surface area is 753 Å². The maximum atomic E-state index is 16.2. The third-order valence-electron chi connectivity index (χ3n) is 35.6. The number of thioether (sulfide) groups is 8. The molecule has 16 aliphatic heterocycles. The quantitative estimate of drug-likeness (QED) is 0.0228. The van der Waals surface area contributed by atoms with Crippen LogP contribution in [0.25, 0.3) is 0 Å². The summed E-state index contributed by atoms with van der Waals surface area (Å²) in [7, 11) is -17.4. The molecule has 680 valence electrons. The van der Waals surface area contributed by atoms with Crippen molar-refractivity contribution < 1.29 is 52.2 Å². The minimum Gasteiger partial charge on any atom is -0.310 e. The van der Waals surface area contributed by atoms with E-state index in [4.69, 9.17) is 9.98 Å². The van der Waals surface area contributed by atoms with Crippen LogP contribution in [0.3, 0.4) is 0 Å². The standard InChI is InChI=1S/C88H144N8O12S12/c1-45-17-19-61(89-45)63-21-22-65(91-63)66-23-24-67(92-66)68-25-26-69(93-68)70-28-30-72(95-70)74-32-31-73(71-29-27-64(94-71)62-20-18-46(2)90-62)96(74)120(106,107,108)36-12-8-16-52-59-43-78(76-40-56-50(14-6-10-34-118(100,101)102)54-38-48(4)110-82(54)84(56)112-76)114-87(59)88-60(52)44-80(116-88)79-42-58-51(15-7-11-35-119(103,104)105)57-41-77(113-85(57)86(58)115-79)75-39-55-49(13-5-9-33-117(97,98)99)53-37-47(3)109-81(53)83(55)111-75/h45-60,62-71,73-88,90-94H,5-44H2,1-4H3,(H,97,98,99)(H,100,101,102)(H,103,104,105)(H2,106,107,108)/t45?,46?,47?,48?,49-,50?,51?,52+,53?,54?,55?,56?,57?,58?,59?,60?,62?,63?,64?,65?,66?,67?,68?,69?,70?,71?,73?,74?,75?,76?,77?,78?,79?,80?,81?,82?,83?,84?,85?,86?,87?,88?/m0/s1. The Bertz CT molecular complexity index is 4180. The highest BCUT2D eigenvalue weighted by molar-refractivity contribution is 8.09. The first-order chi connectivity index (χ1) is 57.4. The van der Waals surface area contributed by atoms with Crippen molar-refractivity contribution in [2.24, 2.45) is 81.0 Å². The van der Waals surface area contributed by atoms with Crippen molar-refractivity contribution in [2.45, 2.75) is 427 Å². The van der Waals surface area contributed by atoms with Gasteiger partial charge in [0, 0.05) is 168 Å². The molecule has 0 aromatic heterocycles. The fourth-order valence-electron chi connectivity index (χ4n) is 30.8. The maximum absolute atomic E-state index is 16.2. The Morgan fingerprint density at radius 2 is 0.717 bits per heavy atom. The van der Waals surface area contributed by atoms with Gasteiger partial charge in [0.1, 0.15) is 9.81 Å². The number of hydrogen-bond donors (Lipinski definition) is 10. The molecule has 4 saturated carbocycles. The Balaban J connectivity index is 0.527. The summed E-state index contributed by atoms with van der Waals surface area (Å²) in [5, 5.41) is 29.7. The molecule has 0 aromatic carbocycles. The van der Waals surface area contributed by atoms with E-state index in [0.29, 0.717) is 235 Å². The van der Waals surface area contributed by atoms with E-state index in [0.717, 1.165) is 128 Å². The van der Waals surface area contributed by atoms with Crippen LogP contribution in [0.2, 0.25) is 0 Å². The Hall–Kier alpha value is 1.70. The number of aliphatic imine (C=N–C) groups is 2. The molecule has 0 bridgehead atoms. The monoisotopic (exact) mass is 1890 g/mol. The number of nitrogens with one attached hydrogen (secondary N) is 5. The molecule has 14 saturated heterocycles. The average Bonchev–Trinajstić information content (AvgIpc) is 1.58. The SMILES string of the molecule is CC1CCC(C2CCC(C3CCC(C4CCC(C5CCC(C6CCC(C7CCC(C8CCC(C)N8)N7)N6S(=O)(O)(O)CCCC[C@@H]6C7CC(C8CC9C(CCCCS(=O)(=O)O)C%10CC(C)SC%10C9S8)SC7C7SC(C8CC9C(CCCCS(=O)(=O)O)C%10CC(C%11CC%12C(S%11)C%11SC(C)CC%11[C@@H]%12CCCCS(=O)(=O)O)SC%10C9S8)CC76)=N5)N4)N3)N2)=N1. The molecule has 0 spiro atoms. The Kier molecular flexibility index (Phi) is 26.7. The normalized spacial score (nSPS) is 50.5. The predicted octanol–water partition coefficient (Wildman–Crippen LogP) is 15.2. The van der Waals surface area contributed by atoms with Gasteiger partial charge in [-0.25, -0.2) is 4.21 Å². The molecule has 120 heavy (non-hydrogen) atoms. The summed E-state index contributed by atoms with van der Waals surface area (Å²) in [6.07, 6.45) is 36.0. The smallest absolute Gasteiger partial charge is 0.264 e. The predicted molar refractivity (Wildman–Crippen MR) is 505 cm³/mol. The third kappa shape index (κ3) is 18.4. The first-order valence-corrected chi connectivity index (χ1v) is 62.7. The lowest BCUT2D eigenvalue weighted by Gasteiger charge is -2.47. The number of nitrogens with zero attached hydrogens (tertiary/aromatic N) is 3. The van der Waals surface area contributed by atoms with Gasteiger partial charge in [-0.1, -0.05) is 39.5 Å². The van der Waals surface area contributed by atoms with Crippen LogP contribution in [-0.4, -0.2) is 260 Å². The van der Waals surface area contributed by atoms with Gasteiger partial charge in [-0.2, -0.15) is 124 Å². The molecule has 42 atom stereocenters. The summed E-state index contributed by atoms with van der Waals surface area (Å²) in [6.45, 7) is 9.34. The summed E-state index contributed by atoms with van der Waals surface area (Å²) < 4.78 is 146. The number of fused-ring (bicyclic) bond motifs is 12. The minimum absolute atomic E-state index is 0.000374. The van der Waals surface area contributed by atoms with Crippen LogP contribution in [0, 0.1) is 71.0 Å². The van der Waals surface area contributed by atoms with Crippen LogP contribution in [-0.2, 0) is 40.2 Å². The van der Waals surface area contributed by atoms with Gasteiger partial charge < -0.3 is 26.6 Å². The molecule has 20 rings (SSSR count). The average molecular weight is 1890 g/mol. The summed E-state index contributed by atoms with van der Waals surface area (Å²) in [4.78, 5) is 10.7. The van der Waals surface area contributed by atoms with Crippen LogP contribution < -0.4 is 26.6 Å². The van der Waals surface area contributed by atoms with Crippen molar-refractivity contribution in [1.29, 1.82) is 0 Å². The molecule has 0 radical (unpaired) electrons. The fraction of sp³-hybridized carbons (Fsp3) is 0.977. The molecule has 0 amide bonds. The van der Waals surface area contributed by atoms with E-state index in [1.165, 1.54) is 89.2 Å². The second-order valence-corrected chi connectivity index (χ2v) is 62.1. The van der Waals surface area contributed by atoms with Gasteiger partial charge in [-0.3, -0.25) is 32.7 Å². The van der Waals surface area contributed by atoms with E-state index in [2.05, 4.69) is 148 Å². The molecule has 18 fully saturated rings. The van der Waals surface area contributed by atoms with E-state index in [-0.39, 0.29) is 53.2 Å². The van der Waals surface area contributed by atoms with Crippen LogP contribution in [0.5, 0.6) is 0 Å². The summed E-state index contributed by atoms with van der Waals surface area (Å²) in [5.41, 5.74) is 2.42. The molecule has 20 nitrogen and oxygen atoms in total. The molecule has 32 heteroatoms. The number of unbranched alkanes of at least 4 members (excludes halogenated alkanes) is 4. The minimum atomic E-state index is -5.41. The zero-order valence-electron chi connectivity index (χ0n) is 71.4. The van der Waals surface area contributed by atoms with E-state index in [1.54, 1.807) is 0 Å². The van der Waals surface area contributed by atoms with Crippen molar-refractivity contribution in [3.63, 3.8) is 0 Å². The Morgan fingerprint density at radius 1 is 0.367 bits per heavy atom. The van der Waals surface area contributed by atoms with E-state index >= 15 is 4.21 Å². The lowest BCUT2D eigenvalue weighted by Crippen LogP contribution is -2.62. The summed E-state index contributed by atoms with van der Waals surface area (Å²) in [6, 6.07) is 3.56. The largest absolute Gasteiger partial charge is 0.310 e. The highest BCUT2D eigenvalue weighted by Gasteiger charge is 2.68. The zero-order chi connectivity index (χ0) is 82.8. The summed E-state index contributed by atoms with van der Waals surface area (Å²) in [5.74, 6) is 6.58. The number of hydrogen-bond acceptors (Lipinski definition) is 22. The number of rotatable bonds is 31. The topological polar surface area (TPSA) is 309 Å². The second-order valence-electron chi connectivity index (χ2n) is 42.8. The van der Waals surface area contributed by atoms with Gasteiger partial charge in [0.15, 0.2) is 0 Å². The van der Waals surface area contributed by atoms with E-state index in [1.807, 2.05) is 4.31 Å². The second kappa shape index (κ2) is 35.8. The maximum Gasteiger partial charge on any atom is 0.264 e. The van der Waals surface area contributed by atoms with Gasteiger partial charge in [-0.15, -0.1) is 0 Å². The van der Waals surface area contributed by atoms with Crippen molar-refractivity contribution >= 4 is 146 Å². The van der Waals surface area contributed by atoms with Crippen molar-refractivity contribution in [2.75, 3.05) is 23.0 Å². The van der Waals surface area contributed by atoms with E-state index < -0.39 is 40.2 Å². The van der Waals surface area contributed by atoms with E-state index in [9.17, 15) is 48.0 Å². The van der Waals surface area contributed by atoms with Gasteiger partial charge in [-0.05, 0) is 290 Å². The molecule has 10 N–H and O–H groups in total. The first kappa shape index (κ1) is 89.6. The lowest BCUT2D eigenvalue weighted by atomic mass is 9.78. The third-order valence-corrected chi connectivity index (χ3v) is 55.8. The molecule has 40 unspecified atom stereocenters. The van der Waals surface area contributed by atoms with Crippen molar-refractivity contribution in [3.05, 3.63) is 0 Å². The first-order valence-electron chi connectivity index (χ1n) is 48.4. The van der Waals surface area contributed by atoms with Crippen molar-refractivity contribution in [3.8, 4) is 0 Å². The van der Waals surface area contributed by atoms with Gasteiger partial charge in [0.2, 0.25) is 0 Å². The summed E-state index contributed by atoms with van der Waals surface area (Å²) >= 11 is 18.5. The Morgan fingerprint density at radius 3 is 1.12 bits per heavy atom. The van der Waals surface area contributed by atoms with Crippen LogP contribution in [0.1, 0.15) is 259 Å². The fourth-order valence-corrected chi connectivity index (χ4v) is 52.5. The molecule has 0 aromatic rings. The molecule has 20 aliphatic rings. The van der Waals surface area contributed by atoms with Crippen LogP contribution >= 0.6 is 94.1 Å². The molecular formula is C88H144N8O12S12.